The fraction of sp³-hybridized carbons (Fsp3) is 0.800. The molecule has 0 aromatic heterocycles. The first-order valence-corrected chi connectivity index (χ1v) is 5.01. The van der Waals surface area contributed by atoms with Gasteiger partial charge in [0.05, 0.1) is 0 Å². The van der Waals surface area contributed by atoms with E-state index in [0.717, 1.165) is 13.0 Å². The van der Waals surface area contributed by atoms with Gasteiger partial charge in [-0.3, -0.25) is 0 Å². The van der Waals surface area contributed by atoms with Gasteiger partial charge in [-0.2, -0.15) is 0 Å². The van der Waals surface area contributed by atoms with Crippen LogP contribution in [0.15, 0.2) is 12.2 Å². The zero-order valence-electron chi connectivity index (χ0n) is 8.10. The Balaban J connectivity index is 2.27. The summed E-state index contributed by atoms with van der Waals surface area (Å²) in [6.07, 6.45) is 5.31. The highest BCUT2D eigenvalue weighted by Gasteiger charge is 2.46. The van der Waals surface area contributed by atoms with Crippen molar-refractivity contribution in [2.45, 2.75) is 38.6 Å². The Labute approximate surface area is 80.2 Å². The maximum atomic E-state index is 6.09. The monoisotopic (exact) mass is 187 g/mol. The first-order chi connectivity index (χ1) is 5.59. The highest BCUT2D eigenvalue weighted by Crippen LogP contribution is 2.44. The molecule has 1 N–H and O–H groups in total. The third kappa shape index (κ3) is 1.83. The molecule has 0 aliphatic heterocycles. The lowest BCUT2D eigenvalue weighted by molar-refractivity contribution is 0.120. The van der Waals surface area contributed by atoms with Crippen molar-refractivity contribution in [2.75, 3.05) is 6.54 Å². The van der Waals surface area contributed by atoms with Crippen LogP contribution in [0, 0.1) is 5.41 Å². The van der Waals surface area contributed by atoms with Gasteiger partial charge in [-0.15, -0.1) is 11.6 Å². The summed E-state index contributed by atoms with van der Waals surface area (Å²) in [6, 6.07) is 0.594. The van der Waals surface area contributed by atoms with Crippen molar-refractivity contribution in [3.63, 3.8) is 0 Å². The predicted octanol–water partition coefficient (Wildman–Crippen LogP) is 2.56. The molecule has 70 valence electrons. The van der Waals surface area contributed by atoms with Crippen LogP contribution in [-0.4, -0.2) is 18.0 Å². The molecule has 0 saturated heterocycles. The summed E-state index contributed by atoms with van der Waals surface area (Å²) < 4.78 is 0. The average Bonchev–Trinajstić information content (AvgIpc) is 2.04. The van der Waals surface area contributed by atoms with Gasteiger partial charge in [0.15, 0.2) is 0 Å². The van der Waals surface area contributed by atoms with Crippen LogP contribution in [0.1, 0.15) is 27.2 Å². The second-order valence-corrected chi connectivity index (χ2v) is 4.58. The molecule has 2 unspecified atom stereocenters. The SMILES string of the molecule is C/C=C/CNC1CC(Cl)C1(C)C. The van der Waals surface area contributed by atoms with Gasteiger partial charge in [-0.05, 0) is 18.8 Å². The van der Waals surface area contributed by atoms with E-state index in [1.165, 1.54) is 0 Å². The predicted molar refractivity (Wildman–Crippen MR) is 54.6 cm³/mol. The van der Waals surface area contributed by atoms with Gasteiger partial charge in [-0.1, -0.05) is 26.0 Å². The van der Waals surface area contributed by atoms with Gasteiger partial charge in [-0.25, -0.2) is 0 Å². The van der Waals surface area contributed by atoms with E-state index in [-0.39, 0.29) is 5.41 Å². The number of nitrogens with one attached hydrogen (secondary N) is 1. The summed E-state index contributed by atoms with van der Waals surface area (Å²) in [5.74, 6) is 0. The minimum absolute atomic E-state index is 0.267. The summed E-state index contributed by atoms with van der Waals surface area (Å²) in [4.78, 5) is 0. The van der Waals surface area contributed by atoms with Crippen LogP contribution in [0.3, 0.4) is 0 Å². The maximum Gasteiger partial charge on any atom is 0.0416 e. The van der Waals surface area contributed by atoms with Crippen LogP contribution in [0.25, 0.3) is 0 Å². The lowest BCUT2D eigenvalue weighted by Gasteiger charge is -2.49. The van der Waals surface area contributed by atoms with Gasteiger partial charge < -0.3 is 5.32 Å². The van der Waals surface area contributed by atoms with Crippen LogP contribution in [0.5, 0.6) is 0 Å². The number of rotatable bonds is 3. The minimum Gasteiger partial charge on any atom is -0.310 e. The number of allylic oxidation sites excluding steroid dienone is 1. The zero-order valence-corrected chi connectivity index (χ0v) is 8.86. The van der Waals surface area contributed by atoms with Gasteiger partial charge in [0.25, 0.3) is 0 Å². The molecular weight excluding hydrogens is 170 g/mol. The van der Waals surface area contributed by atoms with Gasteiger partial charge in [0.2, 0.25) is 0 Å². The second-order valence-electron chi connectivity index (χ2n) is 4.05. The Morgan fingerprint density at radius 3 is 2.67 bits per heavy atom. The quantitative estimate of drug-likeness (QED) is 0.529. The molecule has 0 spiro atoms. The van der Waals surface area contributed by atoms with E-state index in [1.54, 1.807) is 0 Å². The van der Waals surface area contributed by atoms with Crippen molar-refractivity contribution >= 4 is 11.6 Å². The Hall–Kier alpha value is -0.0100. The van der Waals surface area contributed by atoms with Crippen molar-refractivity contribution in [3.8, 4) is 0 Å². The summed E-state index contributed by atoms with van der Waals surface area (Å²) in [5.41, 5.74) is 0.267. The van der Waals surface area contributed by atoms with Crippen LogP contribution >= 0.6 is 11.6 Å². The average molecular weight is 188 g/mol. The Morgan fingerprint density at radius 2 is 2.25 bits per heavy atom. The Morgan fingerprint density at radius 1 is 1.58 bits per heavy atom. The van der Waals surface area contributed by atoms with Crippen LogP contribution in [-0.2, 0) is 0 Å². The van der Waals surface area contributed by atoms with Crippen molar-refractivity contribution in [1.29, 1.82) is 0 Å². The third-order valence-corrected chi connectivity index (χ3v) is 3.61. The van der Waals surface area contributed by atoms with Crippen molar-refractivity contribution in [2.24, 2.45) is 5.41 Å². The minimum atomic E-state index is 0.267. The number of hydrogen-bond donors (Lipinski definition) is 1. The van der Waals surface area contributed by atoms with E-state index in [4.69, 9.17) is 11.6 Å². The summed E-state index contributed by atoms with van der Waals surface area (Å²) in [5, 5.41) is 3.82. The molecule has 1 saturated carbocycles. The summed E-state index contributed by atoms with van der Waals surface area (Å²) in [7, 11) is 0. The van der Waals surface area contributed by atoms with E-state index < -0.39 is 0 Å². The van der Waals surface area contributed by atoms with Crippen LogP contribution in [0.2, 0.25) is 0 Å². The Bertz CT molecular complexity index is 175. The van der Waals surface area contributed by atoms with Gasteiger partial charge in [0, 0.05) is 18.0 Å². The fourth-order valence-corrected chi connectivity index (χ4v) is 1.88. The molecule has 1 aliphatic carbocycles. The maximum absolute atomic E-state index is 6.09. The number of halogens is 1. The van der Waals surface area contributed by atoms with Crippen molar-refractivity contribution in [1.82, 2.24) is 5.32 Å². The molecule has 1 nitrogen and oxygen atoms in total. The molecule has 2 heteroatoms. The lowest BCUT2D eigenvalue weighted by atomic mass is 9.67. The topological polar surface area (TPSA) is 12.0 Å². The van der Waals surface area contributed by atoms with Crippen LogP contribution in [0.4, 0.5) is 0 Å². The standard InChI is InChI=1S/C10H18ClN/c1-4-5-6-12-9-7-8(11)10(9,2)3/h4-5,8-9,12H,6-7H2,1-3H3/b5-4+. The molecule has 1 aliphatic rings. The smallest absolute Gasteiger partial charge is 0.0416 e. The molecule has 1 fully saturated rings. The molecule has 0 radical (unpaired) electrons. The zero-order chi connectivity index (χ0) is 9.19. The molecule has 0 heterocycles. The van der Waals surface area contributed by atoms with Gasteiger partial charge in [0.1, 0.15) is 0 Å². The van der Waals surface area contributed by atoms with E-state index in [0.29, 0.717) is 11.4 Å². The molecule has 0 aromatic rings. The van der Waals surface area contributed by atoms with E-state index in [9.17, 15) is 0 Å². The number of alkyl halides is 1. The first-order valence-electron chi connectivity index (χ1n) is 4.57. The Kier molecular flexibility index (Phi) is 3.19. The van der Waals surface area contributed by atoms with Crippen molar-refractivity contribution in [3.05, 3.63) is 12.2 Å². The van der Waals surface area contributed by atoms with E-state index >= 15 is 0 Å². The van der Waals surface area contributed by atoms with Gasteiger partial charge >= 0.3 is 0 Å². The van der Waals surface area contributed by atoms with E-state index in [1.807, 2.05) is 6.92 Å². The third-order valence-electron chi connectivity index (χ3n) is 2.87. The summed E-state index contributed by atoms with van der Waals surface area (Å²) >= 11 is 6.09. The summed E-state index contributed by atoms with van der Waals surface area (Å²) in [6.45, 7) is 7.45. The number of hydrogen-bond acceptors (Lipinski definition) is 1. The highest BCUT2D eigenvalue weighted by molar-refractivity contribution is 6.21. The normalized spacial score (nSPS) is 33.7. The molecule has 0 aromatic carbocycles. The molecule has 0 bridgehead atoms. The van der Waals surface area contributed by atoms with E-state index in [2.05, 4.69) is 31.3 Å². The second kappa shape index (κ2) is 3.80. The molecule has 0 amide bonds. The molecular formula is C10H18ClN. The molecule has 12 heavy (non-hydrogen) atoms. The first kappa shape index (κ1) is 10.1. The highest BCUT2D eigenvalue weighted by atomic mass is 35.5. The molecule has 2 atom stereocenters. The molecule has 1 rings (SSSR count). The largest absolute Gasteiger partial charge is 0.310 e. The van der Waals surface area contributed by atoms with Crippen molar-refractivity contribution < 1.29 is 0 Å². The van der Waals surface area contributed by atoms with Crippen LogP contribution < -0.4 is 5.32 Å². The lowest BCUT2D eigenvalue weighted by Crippen LogP contribution is -2.57. The fourth-order valence-electron chi connectivity index (χ4n) is 1.55.